The van der Waals surface area contributed by atoms with E-state index in [1.807, 2.05) is 6.07 Å². The quantitative estimate of drug-likeness (QED) is 0.334. The van der Waals surface area contributed by atoms with Crippen LogP contribution >= 0.6 is 27.5 Å². The van der Waals surface area contributed by atoms with Gasteiger partial charge in [-0.2, -0.15) is 4.68 Å². The molecule has 0 atom stereocenters. The molecule has 0 saturated carbocycles. The maximum atomic E-state index is 14.5. The molecule has 0 aliphatic heterocycles. The van der Waals surface area contributed by atoms with Gasteiger partial charge in [-0.3, -0.25) is 5.32 Å². The van der Waals surface area contributed by atoms with E-state index in [0.29, 0.717) is 5.56 Å². The topological polar surface area (TPSA) is 94.8 Å². The molecule has 0 saturated heterocycles. The molecule has 2 heterocycles. The summed E-state index contributed by atoms with van der Waals surface area (Å²) in [5.74, 6) is -1.91. The van der Waals surface area contributed by atoms with Crippen LogP contribution in [0, 0.1) is 11.6 Å². The Balaban J connectivity index is 2.18. The smallest absolute Gasteiger partial charge is 0.413 e. The van der Waals surface area contributed by atoms with Gasteiger partial charge in [-0.15, -0.1) is 5.10 Å². The number of nitrogens with zero attached hydrogens (tertiary/aromatic N) is 5. The van der Waals surface area contributed by atoms with Gasteiger partial charge in [0.25, 0.3) is 0 Å². The summed E-state index contributed by atoms with van der Waals surface area (Å²) in [6.45, 7) is 5.21. The molecule has 3 aromatic rings. The van der Waals surface area contributed by atoms with Gasteiger partial charge in [0.15, 0.2) is 17.5 Å². The number of halogens is 3. The Morgan fingerprint density at radius 2 is 1.91 bits per heavy atom. The summed E-state index contributed by atoms with van der Waals surface area (Å²) in [5, 5.41) is 14.1. The van der Waals surface area contributed by atoms with Crippen molar-refractivity contribution in [3.05, 3.63) is 42.1 Å². The SMILES string of the molecule is CC(C)(C)OC(=O)Nc1ncc([SH](C)(C)(C)I)cc1-c1nnnn1-c1cccc(F)c1F. The molecule has 0 fully saturated rings. The summed E-state index contributed by atoms with van der Waals surface area (Å²) < 4.78 is 34.7. The van der Waals surface area contributed by atoms with Crippen molar-refractivity contribution in [2.75, 3.05) is 24.1 Å². The van der Waals surface area contributed by atoms with Gasteiger partial charge in [0.2, 0.25) is 0 Å². The third kappa shape index (κ3) is 5.52. The minimum atomic E-state index is -2.32. The Morgan fingerprint density at radius 3 is 2.53 bits per heavy atom. The molecule has 1 amide bonds. The highest BCUT2D eigenvalue weighted by atomic mass is 127. The van der Waals surface area contributed by atoms with Gasteiger partial charge in [-0.1, -0.05) is 6.07 Å². The second-order valence-corrected chi connectivity index (χ2v) is 25.2. The van der Waals surface area contributed by atoms with E-state index in [1.54, 1.807) is 27.0 Å². The van der Waals surface area contributed by atoms with Crippen molar-refractivity contribution >= 4 is 39.4 Å². The number of hydrogen-bond donors (Lipinski definition) is 2. The molecular weight excluding hydrogens is 553 g/mol. The minimum absolute atomic E-state index is 0.0896. The van der Waals surface area contributed by atoms with E-state index < -0.39 is 29.7 Å². The van der Waals surface area contributed by atoms with Crippen LogP contribution in [-0.2, 0) is 4.74 Å². The number of hydrogen-bond acceptors (Lipinski definition) is 6. The van der Waals surface area contributed by atoms with Crippen LogP contribution < -0.4 is 5.32 Å². The first-order chi connectivity index (χ1) is 14.6. The van der Waals surface area contributed by atoms with Crippen LogP contribution in [0.3, 0.4) is 0 Å². The molecule has 1 aromatic carbocycles. The molecule has 12 heteroatoms. The summed E-state index contributed by atoms with van der Waals surface area (Å²) >= 11 is 2.41. The molecule has 0 aliphatic rings. The largest absolute Gasteiger partial charge is 0.444 e. The summed E-state index contributed by atoms with van der Waals surface area (Å²) in [5.41, 5.74) is -0.547. The number of carbonyl (C=O) groups excluding carboxylic acids is 1. The number of tetrazole rings is 1. The number of rotatable bonds is 4. The van der Waals surface area contributed by atoms with Crippen molar-refractivity contribution in [2.24, 2.45) is 0 Å². The van der Waals surface area contributed by atoms with E-state index in [4.69, 9.17) is 4.74 Å². The number of aromatic nitrogens is 5. The lowest BCUT2D eigenvalue weighted by molar-refractivity contribution is 0.0635. The van der Waals surface area contributed by atoms with E-state index in [9.17, 15) is 13.6 Å². The molecule has 2 aromatic heterocycles. The van der Waals surface area contributed by atoms with E-state index in [0.717, 1.165) is 15.6 Å². The molecule has 0 unspecified atom stereocenters. The van der Waals surface area contributed by atoms with E-state index in [1.165, 1.54) is 12.1 Å². The van der Waals surface area contributed by atoms with Gasteiger partial charge in [0.1, 0.15) is 17.1 Å². The monoisotopic (exact) mass is 578 g/mol. The highest BCUT2D eigenvalue weighted by Crippen LogP contribution is 2.74. The molecule has 0 bridgehead atoms. The lowest BCUT2D eigenvalue weighted by Gasteiger charge is -2.45. The average molecular weight is 578 g/mol. The van der Waals surface area contributed by atoms with Crippen LogP contribution in [0.2, 0.25) is 0 Å². The first-order valence-electron chi connectivity index (χ1n) is 9.59. The van der Waals surface area contributed by atoms with Gasteiger partial charge in [-0.25, -0.2) is 24.9 Å². The van der Waals surface area contributed by atoms with Crippen LogP contribution in [0.1, 0.15) is 20.8 Å². The number of thiol groups is 1. The van der Waals surface area contributed by atoms with Crippen molar-refractivity contribution in [3.8, 4) is 17.1 Å². The maximum Gasteiger partial charge on any atom is 0.413 e. The average Bonchev–Trinajstić information content (AvgIpc) is 3.10. The standard InChI is InChI=1S/C20H25F2IN6O2S/c1-20(2,3)31-19(30)25-17-13(10-12(11-24-17)32(4,5,6)23)18-26-27-28-29(18)15-9-7-8-14(21)16(15)22/h7-11,32H,1-6H3,(H,24,25,30). The predicted octanol–water partition coefficient (Wildman–Crippen LogP) is 5.02. The third-order valence-corrected chi connectivity index (χ3v) is 7.89. The second kappa shape index (κ2) is 8.21. The number of ether oxygens (including phenoxy) is 1. The highest BCUT2D eigenvalue weighted by Gasteiger charge is 2.28. The van der Waals surface area contributed by atoms with Crippen LogP contribution in [0.15, 0.2) is 35.4 Å². The van der Waals surface area contributed by atoms with Gasteiger partial charge in [0.05, 0.1) is 5.56 Å². The molecule has 3 rings (SSSR count). The van der Waals surface area contributed by atoms with Crippen LogP contribution in [0.25, 0.3) is 17.1 Å². The zero-order valence-corrected chi connectivity index (χ0v) is 21.6. The summed E-state index contributed by atoms with van der Waals surface area (Å²) in [6, 6.07) is 5.53. The van der Waals surface area contributed by atoms with Gasteiger partial charge >= 0.3 is 6.09 Å². The molecule has 0 radical (unpaired) electrons. The first kappa shape index (κ1) is 24.3. The summed E-state index contributed by atoms with van der Waals surface area (Å²) in [4.78, 5) is 17.8. The fourth-order valence-electron chi connectivity index (χ4n) is 2.71. The summed E-state index contributed by atoms with van der Waals surface area (Å²) in [7, 11) is 0. The molecule has 8 nitrogen and oxygen atoms in total. The Morgan fingerprint density at radius 1 is 1.22 bits per heavy atom. The lowest BCUT2D eigenvalue weighted by atomic mass is 10.2. The molecule has 0 aliphatic carbocycles. The zero-order chi connectivity index (χ0) is 23.9. The van der Waals surface area contributed by atoms with E-state index in [2.05, 4.69) is 65.8 Å². The Kier molecular flexibility index (Phi) is 6.23. The van der Waals surface area contributed by atoms with Crippen molar-refractivity contribution in [1.82, 2.24) is 25.2 Å². The van der Waals surface area contributed by atoms with Gasteiger partial charge in [-0.05, 0) is 89.4 Å². The molecule has 174 valence electrons. The second-order valence-electron chi connectivity index (χ2n) is 9.31. The number of pyridine rings is 1. The van der Waals surface area contributed by atoms with Gasteiger partial charge in [0, 0.05) is 11.1 Å². The van der Waals surface area contributed by atoms with Crippen molar-refractivity contribution in [3.63, 3.8) is 0 Å². The third-order valence-electron chi connectivity index (χ3n) is 4.23. The van der Waals surface area contributed by atoms with Crippen LogP contribution in [0.5, 0.6) is 0 Å². The number of amides is 1. The number of anilines is 1. The fraction of sp³-hybridized carbons (Fsp3) is 0.350. The summed E-state index contributed by atoms with van der Waals surface area (Å²) in [6.07, 6.45) is 5.03. The number of nitrogens with one attached hydrogen (secondary N) is 1. The Labute approximate surface area is 197 Å². The normalized spacial score (nSPS) is 13.3. The molecular formula is C20H25F2IN6O2S. The molecule has 1 N–H and O–H groups in total. The predicted molar refractivity (Wildman–Crippen MR) is 131 cm³/mol. The van der Waals surface area contributed by atoms with Gasteiger partial charge < -0.3 is 4.74 Å². The fourth-order valence-corrected chi connectivity index (χ4v) is 4.51. The van der Waals surface area contributed by atoms with Crippen LogP contribution in [-0.4, -0.2) is 55.7 Å². The first-order valence-corrected chi connectivity index (χ1v) is 16.0. The van der Waals surface area contributed by atoms with E-state index in [-0.39, 0.29) is 17.3 Å². The highest BCUT2D eigenvalue weighted by molar-refractivity contribution is 14.2. The molecule has 32 heavy (non-hydrogen) atoms. The van der Waals surface area contributed by atoms with Crippen molar-refractivity contribution in [1.29, 1.82) is 0 Å². The zero-order valence-electron chi connectivity index (χ0n) is 18.5. The number of carbonyl (C=O) groups is 1. The van der Waals surface area contributed by atoms with Crippen molar-refractivity contribution in [2.45, 2.75) is 31.3 Å². The minimum Gasteiger partial charge on any atom is -0.444 e. The maximum absolute atomic E-state index is 14.5. The Bertz CT molecular complexity index is 1180. The van der Waals surface area contributed by atoms with Crippen LogP contribution in [0.4, 0.5) is 19.4 Å². The molecule has 0 spiro atoms. The van der Waals surface area contributed by atoms with E-state index >= 15 is 0 Å². The number of benzene rings is 1. The van der Waals surface area contributed by atoms with Crippen molar-refractivity contribution < 1.29 is 18.3 Å². The lowest BCUT2D eigenvalue weighted by Crippen LogP contribution is -2.27. The Hall–Kier alpha value is -2.35.